The van der Waals surface area contributed by atoms with Gasteiger partial charge in [0.25, 0.3) is 0 Å². The molecule has 3 N–H and O–H groups in total. The first-order chi connectivity index (χ1) is 15.8. The molecule has 8 nitrogen and oxygen atoms in total. The maximum Gasteiger partial charge on any atom is 0.407 e. The van der Waals surface area contributed by atoms with Crippen LogP contribution in [-0.4, -0.2) is 40.7 Å². The van der Waals surface area contributed by atoms with E-state index < -0.39 is 30.1 Å². The first-order valence-electron chi connectivity index (χ1n) is 10.5. The van der Waals surface area contributed by atoms with Crippen LogP contribution in [0.3, 0.4) is 0 Å². The van der Waals surface area contributed by atoms with Gasteiger partial charge in [0.05, 0.1) is 6.04 Å². The Morgan fingerprint density at radius 3 is 2.21 bits per heavy atom. The lowest BCUT2D eigenvalue weighted by molar-refractivity contribution is -0.123. The molecule has 0 saturated carbocycles. The molecular formula is C24H23N3O5S. The number of carbonyl (C=O) groups is 3. The molecule has 1 aromatic heterocycles. The molecule has 0 spiro atoms. The number of nitrogens with zero attached hydrogens (tertiary/aromatic N) is 1. The molecule has 1 heterocycles. The van der Waals surface area contributed by atoms with Gasteiger partial charge in [0.1, 0.15) is 17.7 Å². The zero-order chi connectivity index (χ0) is 23.5. The molecule has 1 unspecified atom stereocenters. The fourth-order valence-corrected chi connectivity index (χ4v) is 4.67. The number of fused-ring (bicyclic) bond motifs is 3. The summed E-state index contributed by atoms with van der Waals surface area (Å²) in [6.07, 6.45) is -0.686. The number of alkyl carbamates (subject to hydrolysis) is 1. The molecule has 0 radical (unpaired) electrons. The standard InChI is InChI=1S/C24H23N3O5S/c1-13(21(28)25-14(2)22-27-20(12-33-22)23(29)30)26-24(31)32-11-19-17-9-5-3-7-15(17)16-8-4-6-10-18(16)19/h3-10,12-14,19H,11H2,1-2H3,(H,25,28)(H,26,31)(H,29,30)/t13-,14?/m0/s1. The van der Waals surface area contributed by atoms with Crippen molar-refractivity contribution in [1.29, 1.82) is 0 Å². The molecule has 2 atom stereocenters. The quantitative estimate of drug-likeness (QED) is 0.486. The van der Waals surface area contributed by atoms with Crippen molar-refractivity contribution in [2.45, 2.75) is 31.8 Å². The van der Waals surface area contributed by atoms with Gasteiger partial charge in [0, 0.05) is 11.3 Å². The third-order valence-corrected chi connectivity index (χ3v) is 6.57. The van der Waals surface area contributed by atoms with Gasteiger partial charge in [0.2, 0.25) is 5.91 Å². The Morgan fingerprint density at radius 2 is 1.64 bits per heavy atom. The number of ether oxygens (including phenoxy) is 1. The van der Waals surface area contributed by atoms with Crippen molar-refractivity contribution in [3.05, 3.63) is 75.7 Å². The van der Waals surface area contributed by atoms with Crippen LogP contribution in [0.2, 0.25) is 0 Å². The van der Waals surface area contributed by atoms with Crippen LogP contribution >= 0.6 is 11.3 Å². The minimum Gasteiger partial charge on any atom is -0.476 e. The van der Waals surface area contributed by atoms with E-state index in [-0.39, 0.29) is 18.2 Å². The first-order valence-corrected chi connectivity index (χ1v) is 11.3. The summed E-state index contributed by atoms with van der Waals surface area (Å²) in [7, 11) is 0. The Bertz CT molecular complexity index is 1160. The third kappa shape index (κ3) is 4.73. The maximum atomic E-state index is 12.5. The molecule has 0 aliphatic heterocycles. The van der Waals surface area contributed by atoms with E-state index in [2.05, 4.69) is 27.8 Å². The molecule has 0 bridgehead atoms. The number of rotatable bonds is 7. The van der Waals surface area contributed by atoms with Crippen LogP contribution in [0.1, 0.15) is 52.4 Å². The lowest BCUT2D eigenvalue weighted by atomic mass is 9.98. The van der Waals surface area contributed by atoms with E-state index in [1.54, 1.807) is 13.8 Å². The molecule has 3 aromatic rings. The molecular weight excluding hydrogens is 442 g/mol. The summed E-state index contributed by atoms with van der Waals surface area (Å²) in [6.45, 7) is 3.40. The fourth-order valence-electron chi connectivity index (χ4n) is 3.87. The van der Waals surface area contributed by atoms with Crippen molar-refractivity contribution in [2.24, 2.45) is 0 Å². The van der Waals surface area contributed by atoms with E-state index in [4.69, 9.17) is 9.84 Å². The molecule has 2 amide bonds. The number of hydrogen-bond acceptors (Lipinski definition) is 6. The summed E-state index contributed by atoms with van der Waals surface area (Å²) in [6, 6.07) is 14.8. The van der Waals surface area contributed by atoms with E-state index in [1.807, 2.05) is 36.4 Å². The van der Waals surface area contributed by atoms with Gasteiger partial charge < -0.3 is 20.5 Å². The second-order valence-corrected chi connectivity index (χ2v) is 8.69. The minimum absolute atomic E-state index is 0.0686. The van der Waals surface area contributed by atoms with E-state index in [9.17, 15) is 14.4 Å². The van der Waals surface area contributed by atoms with Crippen LogP contribution in [-0.2, 0) is 9.53 Å². The van der Waals surface area contributed by atoms with Gasteiger partial charge in [-0.25, -0.2) is 14.6 Å². The van der Waals surface area contributed by atoms with Crippen molar-refractivity contribution in [1.82, 2.24) is 15.6 Å². The molecule has 0 fully saturated rings. The van der Waals surface area contributed by atoms with Gasteiger partial charge >= 0.3 is 12.1 Å². The highest BCUT2D eigenvalue weighted by atomic mass is 32.1. The van der Waals surface area contributed by atoms with Crippen molar-refractivity contribution in [3.8, 4) is 11.1 Å². The summed E-state index contributed by atoms with van der Waals surface area (Å²) in [4.78, 5) is 39.8. The number of nitrogens with one attached hydrogen (secondary N) is 2. The van der Waals surface area contributed by atoms with E-state index in [0.29, 0.717) is 5.01 Å². The summed E-state index contributed by atoms with van der Waals surface area (Å²) in [5.41, 5.74) is 4.42. The normalized spacial score (nSPS) is 14.0. The van der Waals surface area contributed by atoms with Gasteiger partial charge in [0.15, 0.2) is 5.69 Å². The average Bonchev–Trinajstić information content (AvgIpc) is 3.41. The fraction of sp³-hybridized carbons (Fsp3) is 0.250. The zero-order valence-electron chi connectivity index (χ0n) is 18.1. The van der Waals surface area contributed by atoms with Gasteiger partial charge in [-0.1, -0.05) is 48.5 Å². The molecule has 1 aliphatic carbocycles. The minimum atomic E-state index is -1.12. The SMILES string of the molecule is CC(NC(=O)[C@H](C)NC(=O)OCC1c2ccccc2-c2ccccc21)c1nc(C(=O)O)cs1. The summed E-state index contributed by atoms with van der Waals surface area (Å²) >= 11 is 1.15. The third-order valence-electron chi connectivity index (χ3n) is 5.54. The molecule has 4 rings (SSSR count). The second-order valence-electron chi connectivity index (χ2n) is 7.80. The van der Waals surface area contributed by atoms with Crippen LogP contribution in [0.4, 0.5) is 4.79 Å². The van der Waals surface area contributed by atoms with Crippen molar-refractivity contribution in [3.63, 3.8) is 0 Å². The number of aromatic nitrogens is 1. The first kappa shape index (κ1) is 22.5. The summed E-state index contributed by atoms with van der Waals surface area (Å²) < 4.78 is 5.47. The molecule has 0 saturated heterocycles. The highest BCUT2D eigenvalue weighted by Gasteiger charge is 2.29. The predicted octanol–water partition coefficient (Wildman–Crippen LogP) is 3.95. The predicted molar refractivity (Wildman–Crippen MR) is 123 cm³/mol. The topological polar surface area (TPSA) is 118 Å². The van der Waals surface area contributed by atoms with Crippen molar-refractivity contribution in [2.75, 3.05) is 6.61 Å². The lowest BCUT2D eigenvalue weighted by Gasteiger charge is -2.18. The van der Waals surface area contributed by atoms with E-state index >= 15 is 0 Å². The Morgan fingerprint density at radius 1 is 1.03 bits per heavy atom. The van der Waals surface area contributed by atoms with Crippen LogP contribution in [0.25, 0.3) is 11.1 Å². The van der Waals surface area contributed by atoms with Gasteiger partial charge in [-0.3, -0.25) is 4.79 Å². The second kappa shape index (κ2) is 9.41. The molecule has 33 heavy (non-hydrogen) atoms. The Kier molecular flexibility index (Phi) is 6.41. The number of benzene rings is 2. The van der Waals surface area contributed by atoms with Crippen LogP contribution in [0.15, 0.2) is 53.9 Å². The number of carboxylic acids is 1. The smallest absolute Gasteiger partial charge is 0.407 e. The number of hydrogen-bond donors (Lipinski definition) is 3. The van der Waals surface area contributed by atoms with Gasteiger partial charge in [-0.15, -0.1) is 11.3 Å². The molecule has 2 aromatic carbocycles. The number of thiazole rings is 1. The van der Waals surface area contributed by atoms with Gasteiger partial charge in [-0.2, -0.15) is 0 Å². The highest BCUT2D eigenvalue weighted by Crippen LogP contribution is 2.44. The maximum absolute atomic E-state index is 12.5. The van der Waals surface area contributed by atoms with Gasteiger partial charge in [-0.05, 0) is 36.1 Å². The summed E-state index contributed by atoms with van der Waals surface area (Å²) in [5, 5.41) is 16.1. The molecule has 9 heteroatoms. The average molecular weight is 466 g/mol. The lowest BCUT2D eigenvalue weighted by Crippen LogP contribution is -2.45. The highest BCUT2D eigenvalue weighted by molar-refractivity contribution is 7.09. The largest absolute Gasteiger partial charge is 0.476 e. The summed E-state index contributed by atoms with van der Waals surface area (Å²) in [5.74, 6) is -1.62. The number of amides is 2. The zero-order valence-corrected chi connectivity index (χ0v) is 18.9. The Labute approximate surface area is 194 Å². The van der Waals surface area contributed by atoms with Crippen LogP contribution in [0, 0.1) is 0 Å². The molecule has 170 valence electrons. The van der Waals surface area contributed by atoms with Crippen LogP contribution < -0.4 is 10.6 Å². The van der Waals surface area contributed by atoms with Crippen molar-refractivity contribution >= 4 is 29.3 Å². The number of carbonyl (C=O) groups excluding carboxylic acids is 2. The molecule has 1 aliphatic rings. The van der Waals surface area contributed by atoms with E-state index in [0.717, 1.165) is 33.6 Å². The number of carboxylic acid groups (broad SMARTS) is 1. The van der Waals surface area contributed by atoms with E-state index in [1.165, 1.54) is 5.38 Å². The number of aromatic carboxylic acids is 1. The Balaban J connectivity index is 1.32. The Hall–Kier alpha value is -3.72. The van der Waals surface area contributed by atoms with Crippen molar-refractivity contribution < 1.29 is 24.2 Å². The van der Waals surface area contributed by atoms with Crippen LogP contribution in [0.5, 0.6) is 0 Å². The monoisotopic (exact) mass is 465 g/mol.